The van der Waals surface area contributed by atoms with Crippen LogP contribution in [0.1, 0.15) is 0 Å². The van der Waals surface area contributed by atoms with Crippen LogP contribution < -0.4 is 0 Å². The van der Waals surface area contributed by atoms with E-state index in [0.717, 1.165) is 15.8 Å². The summed E-state index contributed by atoms with van der Waals surface area (Å²) in [6, 6.07) is 5.42. The zero-order chi connectivity index (χ0) is 9.42. The minimum absolute atomic E-state index is 0.269. The maximum Gasteiger partial charge on any atom is 0.126 e. The summed E-state index contributed by atoms with van der Waals surface area (Å²) in [5.74, 6) is 0.269. The second-order valence-electron chi connectivity index (χ2n) is 2.73. The standard InChI is InChI=1S/C9H8ClNOS/c1-13-5-2-7-6(8(12)3-5)4-9(10)11-7/h2-4,11-12H,1H3. The van der Waals surface area contributed by atoms with Gasteiger partial charge >= 0.3 is 0 Å². The van der Waals surface area contributed by atoms with Crippen LogP contribution in [0.15, 0.2) is 23.1 Å². The molecule has 4 heteroatoms. The zero-order valence-electron chi connectivity index (χ0n) is 6.97. The van der Waals surface area contributed by atoms with Crippen molar-refractivity contribution in [2.45, 2.75) is 4.90 Å². The Morgan fingerprint density at radius 3 is 2.85 bits per heavy atom. The second-order valence-corrected chi connectivity index (χ2v) is 4.01. The smallest absolute Gasteiger partial charge is 0.126 e. The Morgan fingerprint density at radius 1 is 1.38 bits per heavy atom. The molecule has 0 bridgehead atoms. The minimum atomic E-state index is 0.269. The molecule has 0 atom stereocenters. The quantitative estimate of drug-likeness (QED) is 0.714. The van der Waals surface area contributed by atoms with Crippen molar-refractivity contribution >= 4 is 34.3 Å². The van der Waals surface area contributed by atoms with Gasteiger partial charge in [-0.05, 0) is 24.5 Å². The van der Waals surface area contributed by atoms with Crippen LogP contribution in [0, 0.1) is 0 Å². The van der Waals surface area contributed by atoms with E-state index in [-0.39, 0.29) is 5.75 Å². The van der Waals surface area contributed by atoms with E-state index in [1.54, 1.807) is 23.9 Å². The highest BCUT2D eigenvalue weighted by molar-refractivity contribution is 7.98. The molecule has 0 fully saturated rings. The molecular weight excluding hydrogens is 206 g/mol. The van der Waals surface area contributed by atoms with Crippen LogP contribution in [0.25, 0.3) is 10.9 Å². The first-order chi connectivity index (χ1) is 6.20. The highest BCUT2D eigenvalue weighted by Gasteiger charge is 2.05. The van der Waals surface area contributed by atoms with Crippen molar-refractivity contribution < 1.29 is 5.11 Å². The van der Waals surface area contributed by atoms with Crippen LogP contribution in [0.4, 0.5) is 0 Å². The van der Waals surface area contributed by atoms with Crippen LogP contribution in [0.3, 0.4) is 0 Å². The maximum absolute atomic E-state index is 9.60. The Labute approximate surface area is 84.9 Å². The van der Waals surface area contributed by atoms with Crippen molar-refractivity contribution in [2.24, 2.45) is 0 Å². The lowest BCUT2D eigenvalue weighted by Gasteiger charge is -1.98. The lowest BCUT2D eigenvalue weighted by Crippen LogP contribution is -1.73. The molecule has 1 heterocycles. The SMILES string of the molecule is CSc1cc(O)c2cc(Cl)[nH]c2c1. The van der Waals surface area contributed by atoms with E-state index < -0.39 is 0 Å². The van der Waals surface area contributed by atoms with E-state index in [9.17, 15) is 5.11 Å². The highest BCUT2D eigenvalue weighted by Crippen LogP contribution is 2.31. The van der Waals surface area contributed by atoms with Gasteiger partial charge in [-0.15, -0.1) is 11.8 Å². The number of benzene rings is 1. The van der Waals surface area contributed by atoms with E-state index in [0.29, 0.717) is 5.15 Å². The summed E-state index contributed by atoms with van der Waals surface area (Å²) in [5.41, 5.74) is 0.870. The minimum Gasteiger partial charge on any atom is -0.507 e. The van der Waals surface area contributed by atoms with E-state index in [4.69, 9.17) is 11.6 Å². The second kappa shape index (κ2) is 3.16. The molecule has 0 unspecified atom stereocenters. The number of hydrogen-bond donors (Lipinski definition) is 2. The van der Waals surface area contributed by atoms with Gasteiger partial charge in [0.1, 0.15) is 10.9 Å². The van der Waals surface area contributed by atoms with E-state index >= 15 is 0 Å². The van der Waals surface area contributed by atoms with Gasteiger partial charge in [0.25, 0.3) is 0 Å². The number of halogens is 1. The van der Waals surface area contributed by atoms with Crippen molar-refractivity contribution in [1.29, 1.82) is 0 Å². The normalized spacial score (nSPS) is 10.9. The third-order valence-corrected chi connectivity index (χ3v) is 2.80. The molecule has 0 aliphatic heterocycles. The molecule has 0 radical (unpaired) electrons. The van der Waals surface area contributed by atoms with Gasteiger partial charge in [-0.25, -0.2) is 0 Å². The number of aromatic amines is 1. The van der Waals surface area contributed by atoms with E-state index in [1.165, 1.54) is 0 Å². The van der Waals surface area contributed by atoms with Gasteiger partial charge in [-0.2, -0.15) is 0 Å². The number of fused-ring (bicyclic) bond motifs is 1. The number of aromatic hydroxyl groups is 1. The van der Waals surface area contributed by atoms with Crippen LogP contribution in [0.2, 0.25) is 5.15 Å². The van der Waals surface area contributed by atoms with Gasteiger partial charge in [-0.1, -0.05) is 11.6 Å². The van der Waals surface area contributed by atoms with E-state index in [1.807, 2.05) is 12.3 Å². The molecule has 0 aliphatic rings. The third kappa shape index (κ3) is 1.49. The third-order valence-electron chi connectivity index (χ3n) is 1.89. The predicted octanol–water partition coefficient (Wildman–Crippen LogP) is 3.25. The van der Waals surface area contributed by atoms with Crippen LogP contribution in [0.5, 0.6) is 5.75 Å². The summed E-state index contributed by atoms with van der Waals surface area (Å²) in [4.78, 5) is 3.98. The summed E-state index contributed by atoms with van der Waals surface area (Å²) in [6.45, 7) is 0. The molecule has 1 aromatic heterocycles. The molecular formula is C9H8ClNOS. The predicted molar refractivity (Wildman–Crippen MR) is 56.8 cm³/mol. The first-order valence-corrected chi connectivity index (χ1v) is 5.36. The van der Waals surface area contributed by atoms with Crippen molar-refractivity contribution in [2.75, 3.05) is 6.26 Å². The van der Waals surface area contributed by atoms with Gasteiger partial charge in [0.2, 0.25) is 0 Å². The first-order valence-electron chi connectivity index (χ1n) is 3.76. The molecule has 2 nitrogen and oxygen atoms in total. The molecule has 2 aromatic rings. The molecule has 2 N–H and O–H groups in total. The fourth-order valence-corrected chi connectivity index (χ4v) is 1.95. The molecule has 0 saturated carbocycles. The number of phenols is 1. The topological polar surface area (TPSA) is 36.0 Å². The Balaban J connectivity index is 2.75. The molecule has 0 amide bonds. The molecule has 68 valence electrons. The first kappa shape index (κ1) is 8.78. The number of rotatable bonds is 1. The van der Waals surface area contributed by atoms with Crippen LogP contribution >= 0.6 is 23.4 Å². The number of nitrogens with one attached hydrogen (secondary N) is 1. The largest absolute Gasteiger partial charge is 0.507 e. The number of H-pyrrole nitrogens is 1. The van der Waals surface area contributed by atoms with Crippen LogP contribution in [-0.4, -0.2) is 16.3 Å². The summed E-state index contributed by atoms with van der Waals surface area (Å²) >= 11 is 7.36. The molecule has 0 aliphatic carbocycles. The number of thioether (sulfide) groups is 1. The van der Waals surface area contributed by atoms with Gasteiger partial charge < -0.3 is 10.1 Å². The Bertz CT molecular complexity index is 452. The summed E-state index contributed by atoms with van der Waals surface area (Å²) in [7, 11) is 0. The van der Waals surface area contributed by atoms with Gasteiger partial charge in [0, 0.05) is 10.3 Å². The average Bonchev–Trinajstić information content (AvgIpc) is 2.46. The number of phenolic OH excluding ortho intramolecular Hbond substituents is 1. The fourth-order valence-electron chi connectivity index (χ4n) is 1.28. The van der Waals surface area contributed by atoms with E-state index in [2.05, 4.69) is 4.98 Å². The highest BCUT2D eigenvalue weighted by atomic mass is 35.5. The van der Waals surface area contributed by atoms with Crippen molar-refractivity contribution in [3.63, 3.8) is 0 Å². The van der Waals surface area contributed by atoms with Gasteiger partial charge in [0.05, 0.1) is 5.52 Å². The number of aromatic nitrogens is 1. The van der Waals surface area contributed by atoms with Crippen LogP contribution in [-0.2, 0) is 0 Å². The molecule has 13 heavy (non-hydrogen) atoms. The van der Waals surface area contributed by atoms with Gasteiger partial charge in [0.15, 0.2) is 0 Å². The molecule has 0 saturated heterocycles. The fraction of sp³-hybridized carbons (Fsp3) is 0.111. The van der Waals surface area contributed by atoms with Crippen molar-refractivity contribution in [1.82, 2.24) is 4.98 Å². The van der Waals surface area contributed by atoms with Crippen molar-refractivity contribution in [3.8, 4) is 5.75 Å². The van der Waals surface area contributed by atoms with Crippen molar-refractivity contribution in [3.05, 3.63) is 23.4 Å². The Hall–Kier alpha value is -0.800. The zero-order valence-corrected chi connectivity index (χ0v) is 8.54. The Kier molecular flexibility index (Phi) is 2.14. The summed E-state index contributed by atoms with van der Waals surface area (Å²) in [6.07, 6.45) is 1.96. The summed E-state index contributed by atoms with van der Waals surface area (Å²) < 4.78 is 0. The number of hydrogen-bond acceptors (Lipinski definition) is 2. The molecule has 1 aromatic carbocycles. The molecule has 2 rings (SSSR count). The lowest BCUT2D eigenvalue weighted by molar-refractivity contribution is 0.480. The monoisotopic (exact) mass is 213 g/mol. The average molecular weight is 214 g/mol. The Morgan fingerprint density at radius 2 is 2.15 bits per heavy atom. The summed E-state index contributed by atoms with van der Waals surface area (Å²) in [5, 5.41) is 10.9. The molecule has 0 spiro atoms. The maximum atomic E-state index is 9.60. The van der Waals surface area contributed by atoms with Gasteiger partial charge in [-0.3, -0.25) is 0 Å². The lowest BCUT2D eigenvalue weighted by atomic mass is 10.2.